The van der Waals surface area contributed by atoms with Crippen LogP contribution in [0.5, 0.6) is 0 Å². The molecule has 0 aromatic heterocycles. The number of imide groups is 2. The second-order valence-electron chi connectivity index (χ2n) is 11.6. The summed E-state index contributed by atoms with van der Waals surface area (Å²) in [4.78, 5) is 55.0. The maximum absolute atomic E-state index is 13.5. The number of carbonyl (C=O) groups is 4. The summed E-state index contributed by atoms with van der Waals surface area (Å²) >= 11 is 0. The summed E-state index contributed by atoms with van der Waals surface area (Å²) in [6.45, 7) is -2.39. The van der Waals surface area contributed by atoms with Gasteiger partial charge in [-0.25, -0.2) is 8.37 Å². The molecule has 2 aromatic carbocycles. The van der Waals surface area contributed by atoms with E-state index in [0.717, 1.165) is 0 Å². The quantitative estimate of drug-likeness (QED) is 0.103. The van der Waals surface area contributed by atoms with Crippen molar-refractivity contribution in [2.75, 3.05) is 13.2 Å². The Hall–Kier alpha value is -3.82. The summed E-state index contributed by atoms with van der Waals surface area (Å²) in [5, 5.41) is 44.9. The molecule has 4 unspecified atom stereocenters. The number of nitrogens with zero attached hydrogens (tertiary/aromatic N) is 2. The molecular formula is C28H28N2O19S2. The van der Waals surface area contributed by atoms with Crippen LogP contribution in [-0.4, -0.2) is 154 Å². The van der Waals surface area contributed by atoms with E-state index in [1.807, 2.05) is 0 Å². The fraction of sp³-hybridized carbons (Fsp3) is 0.429. The van der Waals surface area contributed by atoms with E-state index in [4.69, 9.17) is 23.3 Å². The van der Waals surface area contributed by atoms with Crippen molar-refractivity contribution in [2.45, 2.75) is 61.3 Å². The zero-order valence-corrected chi connectivity index (χ0v) is 27.1. The van der Waals surface area contributed by atoms with Crippen LogP contribution in [0.25, 0.3) is 0 Å². The standard InChI is InChI=1S/C28H28N2O19S2/c31-19-15(9-45-50(39,40)41)48-28(17(21(19)33)29-23(34)11-5-1-2-6-12(11)24(29)35)49-22-18(27(38)47-16(20(22)32)10-46-51(42,43)44)30-25(36)13-7-3-4-8-14(13)26(30)37/h1-8,15-22,27-28,31-33,38H,9-10H2,(H,39,40,41)(H,42,43,44)/t15?,16?,17?,18?,19-,20-,21-,22-,27-,28+/m1/s1. The van der Waals surface area contributed by atoms with Gasteiger partial charge in [0.25, 0.3) is 23.6 Å². The highest BCUT2D eigenvalue weighted by Gasteiger charge is 2.59. The molecule has 0 saturated carbocycles. The van der Waals surface area contributed by atoms with Gasteiger partial charge in [-0.15, -0.1) is 0 Å². The summed E-state index contributed by atoms with van der Waals surface area (Å²) < 4.78 is 89.0. The minimum Gasteiger partial charge on any atom is -0.388 e. The summed E-state index contributed by atoms with van der Waals surface area (Å²) in [7, 11) is -10.4. The van der Waals surface area contributed by atoms with Gasteiger partial charge in [-0.1, -0.05) is 24.3 Å². The Morgan fingerprint density at radius 3 is 1.39 bits per heavy atom. The number of benzene rings is 2. The number of ether oxygens (including phenoxy) is 3. The van der Waals surface area contributed by atoms with Crippen molar-refractivity contribution in [3.05, 3.63) is 70.8 Å². The molecule has 23 heteroatoms. The van der Waals surface area contributed by atoms with Crippen molar-refractivity contribution in [2.24, 2.45) is 0 Å². The predicted octanol–water partition coefficient (Wildman–Crippen LogP) is -3.14. The summed E-state index contributed by atoms with van der Waals surface area (Å²) in [6, 6.07) is 6.71. The van der Waals surface area contributed by atoms with E-state index >= 15 is 0 Å². The lowest BCUT2D eigenvalue weighted by Gasteiger charge is -2.50. The topological polar surface area (TPSA) is 311 Å². The van der Waals surface area contributed by atoms with Crippen LogP contribution in [-0.2, 0) is 43.4 Å². The number of aliphatic hydroxyl groups excluding tert-OH is 4. The van der Waals surface area contributed by atoms with Crippen molar-refractivity contribution >= 4 is 44.4 Å². The zero-order valence-electron chi connectivity index (χ0n) is 25.5. The molecule has 0 aliphatic carbocycles. The molecule has 4 amide bonds. The van der Waals surface area contributed by atoms with E-state index in [0.29, 0.717) is 9.80 Å². The van der Waals surface area contributed by atoms with Crippen molar-refractivity contribution in [3.8, 4) is 0 Å². The first-order valence-corrected chi connectivity index (χ1v) is 17.5. The first-order valence-electron chi connectivity index (χ1n) is 14.8. The van der Waals surface area contributed by atoms with Gasteiger partial charge >= 0.3 is 20.8 Å². The fourth-order valence-electron chi connectivity index (χ4n) is 6.35. The smallest absolute Gasteiger partial charge is 0.388 e. The van der Waals surface area contributed by atoms with Gasteiger partial charge in [-0.05, 0) is 24.3 Å². The van der Waals surface area contributed by atoms with E-state index in [9.17, 15) is 56.4 Å². The monoisotopic (exact) mass is 760 g/mol. The number of fused-ring (bicyclic) bond motifs is 2. The molecule has 4 aliphatic rings. The van der Waals surface area contributed by atoms with E-state index in [1.165, 1.54) is 48.5 Å². The van der Waals surface area contributed by atoms with Crippen molar-refractivity contribution < 1.29 is 88.1 Å². The maximum Gasteiger partial charge on any atom is 0.397 e. The van der Waals surface area contributed by atoms with E-state index in [1.54, 1.807) is 0 Å². The van der Waals surface area contributed by atoms with Crippen LogP contribution in [0.1, 0.15) is 41.4 Å². The lowest BCUT2D eigenvalue weighted by atomic mass is 9.93. The van der Waals surface area contributed by atoms with Crippen LogP contribution in [0.4, 0.5) is 0 Å². The molecular weight excluding hydrogens is 732 g/mol. The number of hydrogen-bond donors (Lipinski definition) is 6. The molecule has 2 aromatic rings. The first kappa shape index (κ1) is 37.0. The molecule has 2 saturated heterocycles. The van der Waals surface area contributed by atoms with Crippen LogP contribution in [0, 0.1) is 0 Å². The van der Waals surface area contributed by atoms with Crippen molar-refractivity contribution in [3.63, 3.8) is 0 Å². The summed E-state index contributed by atoms with van der Waals surface area (Å²) in [5.41, 5.74) is -0.572. The third kappa shape index (κ3) is 6.91. The van der Waals surface area contributed by atoms with Crippen LogP contribution < -0.4 is 0 Å². The summed E-state index contributed by atoms with van der Waals surface area (Å²) in [5.74, 6) is -4.10. The largest absolute Gasteiger partial charge is 0.397 e. The predicted molar refractivity (Wildman–Crippen MR) is 159 cm³/mol. The molecule has 6 N–H and O–H groups in total. The molecule has 2 fully saturated rings. The number of hydrogen-bond acceptors (Lipinski definition) is 17. The third-order valence-corrected chi connectivity index (χ3v) is 9.50. The molecule has 51 heavy (non-hydrogen) atoms. The molecule has 0 bridgehead atoms. The van der Waals surface area contributed by atoms with Gasteiger partial charge in [-0.3, -0.25) is 38.1 Å². The Kier molecular flexibility index (Phi) is 9.87. The van der Waals surface area contributed by atoms with E-state index in [-0.39, 0.29) is 22.3 Å². The Labute approximate surface area is 287 Å². The maximum atomic E-state index is 13.5. The van der Waals surface area contributed by atoms with Crippen LogP contribution in [0.15, 0.2) is 48.5 Å². The highest BCUT2D eigenvalue weighted by Crippen LogP contribution is 2.38. The Bertz CT molecular complexity index is 1900. The highest BCUT2D eigenvalue weighted by atomic mass is 32.3. The molecule has 10 atom stereocenters. The second kappa shape index (κ2) is 13.6. The highest BCUT2D eigenvalue weighted by molar-refractivity contribution is 7.81. The van der Waals surface area contributed by atoms with Gasteiger partial charge in [0.2, 0.25) is 0 Å². The minimum absolute atomic E-state index is 0.140. The normalized spacial score (nSPS) is 32.7. The number of aliphatic hydroxyl groups is 4. The van der Waals surface area contributed by atoms with Crippen molar-refractivity contribution in [1.82, 2.24) is 9.80 Å². The van der Waals surface area contributed by atoms with E-state index < -0.39 is 119 Å². The van der Waals surface area contributed by atoms with Gasteiger partial charge < -0.3 is 34.6 Å². The minimum atomic E-state index is -5.18. The number of carbonyl (C=O) groups excluding carboxylic acids is 4. The molecule has 0 radical (unpaired) electrons. The van der Waals surface area contributed by atoms with Crippen molar-refractivity contribution in [1.29, 1.82) is 0 Å². The average molecular weight is 761 g/mol. The fourth-order valence-corrected chi connectivity index (χ4v) is 6.96. The second-order valence-corrected chi connectivity index (χ2v) is 13.8. The van der Waals surface area contributed by atoms with Gasteiger partial charge in [0.15, 0.2) is 12.6 Å². The van der Waals surface area contributed by atoms with Crippen LogP contribution >= 0.6 is 0 Å². The summed E-state index contributed by atoms with van der Waals surface area (Å²) in [6.07, 6.45) is -17.2. The number of amides is 4. The molecule has 4 heterocycles. The van der Waals surface area contributed by atoms with E-state index in [2.05, 4.69) is 8.37 Å². The molecule has 0 spiro atoms. The third-order valence-electron chi connectivity index (χ3n) is 8.63. The zero-order chi connectivity index (χ0) is 37.2. The Morgan fingerprint density at radius 1 is 0.588 bits per heavy atom. The van der Waals surface area contributed by atoms with Gasteiger partial charge in [0.1, 0.15) is 48.7 Å². The molecule has 21 nitrogen and oxygen atoms in total. The molecule has 4 aliphatic heterocycles. The average Bonchev–Trinajstić information content (AvgIpc) is 3.46. The van der Waals surface area contributed by atoms with Gasteiger partial charge in [0, 0.05) is 0 Å². The van der Waals surface area contributed by atoms with Gasteiger partial charge in [-0.2, -0.15) is 16.8 Å². The lowest BCUT2D eigenvalue weighted by molar-refractivity contribution is -0.332. The first-order chi connectivity index (χ1) is 23.9. The SMILES string of the molecule is O=C1c2ccccc2C(=O)N1C1[C@H](O[C@@H]2C(N3C(=O)c4ccccc4C3=O)[C@H](O)OC(COS(=O)(=O)O)[C@H]2O)OC(COS(=O)(=O)O)[C@@H](O)[C@@H]1O. The van der Waals surface area contributed by atoms with Crippen LogP contribution in [0.2, 0.25) is 0 Å². The molecule has 276 valence electrons. The number of rotatable bonds is 10. The Morgan fingerprint density at radius 2 is 0.980 bits per heavy atom. The van der Waals surface area contributed by atoms with Gasteiger partial charge in [0.05, 0.1) is 35.5 Å². The molecule has 6 rings (SSSR count). The lowest BCUT2D eigenvalue weighted by Crippen LogP contribution is -2.70. The van der Waals surface area contributed by atoms with Crippen LogP contribution in [0.3, 0.4) is 0 Å². The Balaban J connectivity index is 1.42.